The van der Waals surface area contributed by atoms with Crippen LogP contribution in [0.15, 0.2) is 12.3 Å². The average Bonchev–Trinajstić information content (AvgIpc) is 2.93. The van der Waals surface area contributed by atoms with Crippen molar-refractivity contribution in [2.24, 2.45) is 23.2 Å². The molecule has 0 saturated heterocycles. The monoisotopic (exact) mass is 315 g/mol. The van der Waals surface area contributed by atoms with Gasteiger partial charge in [-0.1, -0.05) is 0 Å². The molecule has 4 heteroatoms. The second-order valence-electron chi connectivity index (χ2n) is 8.46. The molecule has 4 bridgehead atoms. The molecule has 1 unspecified atom stereocenters. The minimum Gasteiger partial charge on any atom is -0.348 e. The third-order valence-corrected chi connectivity index (χ3v) is 6.57. The van der Waals surface area contributed by atoms with Gasteiger partial charge in [0.2, 0.25) is 5.91 Å². The van der Waals surface area contributed by atoms with Crippen molar-refractivity contribution in [3.05, 3.63) is 18.0 Å². The standard InChI is InChI=1S/C19H29N3O/c1-3-22-17(4-5-20-22)13(2)21-18(23)12-19-9-14-6-15(10-19)8-16(7-14)11-19/h4-5,13-16H,3,6-12H2,1-2H3,(H,21,23). The van der Waals surface area contributed by atoms with Crippen molar-refractivity contribution in [1.29, 1.82) is 0 Å². The summed E-state index contributed by atoms with van der Waals surface area (Å²) in [7, 11) is 0. The Kier molecular flexibility index (Phi) is 3.73. The van der Waals surface area contributed by atoms with Crippen LogP contribution in [-0.2, 0) is 11.3 Å². The van der Waals surface area contributed by atoms with E-state index >= 15 is 0 Å². The van der Waals surface area contributed by atoms with Gasteiger partial charge >= 0.3 is 0 Å². The highest BCUT2D eigenvalue weighted by atomic mass is 16.1. The first-order valence-electron chi connectivity index (χ1n) is 9.38. The molecule has 1 amide bonds. The van der Waals surface area contributed by atoms with Crippen molar-refractivity contribution in [3.63, 3.8) is 0 Å². The Labute approximate surface area is 139 Å². The third kappa shape index (κ3) is 2.81. The Morgan fingerprint density at radius 1 is 1.30 bits per heavy atom. The molecule has 4 nitrogen and oxygen atoms in total. The number of hydrogen-bond donors (Lipinski definition) is 1. The second kappa shape index (κ2) is 5.64. The number of nitrogens with zero attached hydrogens (tertiary/aromatic N) is 2. The first-order chi connectivity index (χ1) is 11.1. The Hall–Kier alpha value is -1.32. The van der Waals surface area contributed by atoms with Crippen LogP contribution in [0.4, 0.5) is 0 Å². The van der Waals surface area contributed by atoms with E-state index in [2.05, 4.69) is 24.3 Å². The number of aryl methyl sites for hydroxylation is 1. The first-order valence-corrected chi connectivity index (χ1v) is 9.38. The molecule has 4 fully saturated rings. The molecular weight excluding hydrogens is 286 g/mol. The predicted molar refractivity (Wildman–Crippen MR) is 89.7 cm³/mol. The minimum atomic E-state index is 0.0406. The summed E-state index contributed by atoms with van der Waals surface area (Å²) in [6, 6.07) is 2.05. The zero-order chi connectivity index (χ0) is 16.0. The fourth-order valence-electron chi connectivity index (χ4n) is 6.19. The van der Waals surface area contributed by atoms with Crippen LogP contribution < -0.4 is 5.32 Å². The molecule has 0 aliphatic heterocycles. The molecule has 0 spiro atoms. The van der Waals surface area contributed by atoms with Crippen LogP contribution in [0.1, 0.15) is 70.5 Å². The zero-order valence-electron chi connectivity index (χ0n) is 14.4. The van der Waals surface area contributed by atoms with Crippen LogP contribution in [-0.4, -0.2) is 15.7 Å². The van der Waals surface area contributed by atoms with Crippen molar-refractivity contribution in [1.82, 2.24) is 15.1 Å². The van der Waals surface area contributed by atoms with Crippen LogP contribution in [0.25, 0.3) is 0 Å². The first kappa shape index (κ1) is 15.2. The Bertz CT molecular complexity index is 556. The second-order valence-corrected chi connectivity index (χ2v) is 8.46. The van der Waals surface area contributed by atoms with Gasteiger partial charge in [0, 0.05) is 19.2 Å². The van der Waals surface area contributed by atoms with E-state index in [4.69, 9.17) is 0 Å². The van der Waals surface area contributed by atoms with Gasteiger partial charge in [0.15, 0.2) is 0 Å². The zero-order valence-corrected chi connectivity index (χ0v) is 14.4. The molecule has 4 saturated carbocycles. The van der Waals surface area contributed by atoms with Crippen molar-refractivity contribution in [2.75, 3.05) is 0 Å². The quantitative estimate of drug-likeness (QED) is 0.901. The van der Waals surface area contributed by atoms with Crippen LogP contribution in [0.3, 0.4) is 0 Å². The van der Waals surface area contributed by atoms with Gasteiger partial charge in [-0.2, -0.15) is 5.10 Å². The van der Waals surface area contributed by atoms with Crippen molar-refractivity contribution in [2.45, 2.75) is 71.4 Å². The van der Waals surface area contributed by atoms with Crippen molar-refractivity contribution >= 4 is 5.91 Å². The van der Waals surface area contributed by atoms with Gasteiger partial charge in [0.1, 0.15) is 0 Å². The van der Waals surface area contributed by atoms with Crippen LogP contribution in [0.2, 0.25) is 0 Å². The highest BCUT2D eigenvalue weighted by Crippen LogP contribution is 2.61. The van der Waals surface area contributed by atoms with Crippen molar-refractivity contribution < 1.29 is 4.79 Å². The number of rotatable bonds is 5. The van der Waals surface area contributed by atoms with Gasteiger partial charge in [-0.15, -0.1) is 0 Å². The SMILES string of the molecule is CCn1nccc1C(C)NC(=O)CC12CC3CC(CC(C3)C1)C2. The maximum absolute atomic E-state index is 12.7. The number of carbonyl (C=O) groups is 1. The van der Waals surface area contributed by atoms with E-state index in [0.29, 0.717) is 5.41 Å². The van der Waals surface area contributed by atoms with Gasteiger partial charge in [-0.05, 0) is 81.6 Å². The molecule has 0 radical (unpaired) electrons. The molecule has 0 aromatic carbocycles. The molecule has 1 atom stereocenters. The van der Waals surface area contributed by atoms with E-state index in [9.17, 15) is 4.79 Å². The average molecular weight is 315 g/mol. The smallest absolute Gasteiger partial charge is 0.221 e. The minimum absolute atomic E-state index is 0.0406. The topological polar surface area (TPSA) is 46.9 Å². The molecule has 1 N–H and O–H groups in total. The van der Waals surface area contributed by atoms with Gasteiger partial charge in [0.25, 0.3) is 0 Å². The van der Waals surface area contributed by atoms with Crippen molar-refractivity contribution in [3.8, 4) is 0 Å². The van der Waals surface area contributed by atoms with Crippen LogP contribution in [0, 0.1) is 23.2 Å². The van der Waals surface area contributed by atoms with E-state index < -0.39 is 0 Å². The molecule has 5 rings (SSSR count). The lowest BCUT2D eigenvalue weighted by Gasteiger charge is -2.56. The lowest BCUT2D eigenvalue weighted by molar-refractivity contribution is -0.130. The molecule has 4 aliphatic carbocycles. The summed E-state index contributed by atoms with van der Waals surface area (Å²) in [5, 5.41) is 7.54. The number of aromatic nitrogens is 2. The van der Waals surface area contributed by atoms with Gasteiger partial charge in [0.05, 0.1) is 11.7 Å². The largest absolute Gasteiger partial charge is 0.348 e. The summed E-state index contributed by atoms with van der Waals surface area (Å²) in [5.74, 6) is 2.97. The molecule has 23 heavy (non-hydrogen) atoms. The summed E-state index contributed by atoms with van der Waals surface area (Å²) in [6.07, 6.45) is 10.8. The Morgan fingerprint density at radius 2 is 1.91 bits per heavy atom. The molecule has 1 aromatic rings. The van der Waals surface area contributed by atoms with E-state index in [1.165, 1.54) is 38.5 Å². The van der Waals surface area contributed by atoms with Crippen LogP contribution >= 0.6 is 0 Å². The number of nitrogens with one attached hydrogen (secondary N) is 1. The van der Waals surface area contributed by atoms with Crippen LogP contribution in [0.5, 0.6) is 0 Å². The Balaban J connectivity index is 1.40. The summed E-state index contributed by atoms with van der Waals surface area (Å²) >= 11 is 0. The maximum atomic E-state index is 12.7. The fourth-order valence-corrected chi connectivity index (χ4v) is 6.19. The van der Waals surface area contributed by atoms with E-state index in [1.807, 2.05) is 16.9 Å². The van der Waals surface area contributed by atoms with Gasteiger partial charge < -0.3 is 5.32 Å². The maximum Gasteiger partial charge on any atom is 0.221 e. The van der Waals surface area contributed by atoms with E-state index in [1.54, 1.807) is 0 Å². The highest BCUT2D eigenvalue weighted by Gasteiger charge is 2.51. The molecule has 126 valence electrons. The van der Waals surface area contributed by atoms with Gasteiger partial charge in [-0.25, -0.2) is 0 Å². The Morgan fingerprint density at radius 3 is 2.48 bits per heavy atom. The molecule has 1 aromatic heterocycles. The lowest BCUT2D eigenvalue weighted by atomic mass is 9.49. The normalized spacial score (nSPS) is 36.2. The third-order valence-electron chi connectivity index (χ3n) is 6.57. The van der Waals surface area contributed by atoms with E-state index in [0.717, 1.165) is 36.4 Å². The van der Waals surface area contributed by atoms with E-state index in [-0.39, 0.29) is 11.9 Å². The summed E-state index contributed by atoms with van der Waals surface area (Å²) in [6.45, 7) is 5.00. The summed E-state index contributed by atoms with van der Waals surface area (Å²) in [4.78, 5) is 12.7. The summed E-state index contributed by atoms with van der Waals surface area (Å²) in [5.41, 5.74) is 1.43. The summed E-state index contributed by atoms with van der Waals surface area (Å²) < 4.78 is 1.97. The number of amides is 1. The molecule has 1 heterocycles. The highest BCUT2D eigenvalue weighted by molar-refractivity contribution is 5.77. The molecule has 4 aliphatic rings. The number of hydrogen-bond acceptors (Lipinski definition) is 2. The predicted octanol–water partition coefficient (Wildman–Crippen LogP) is 3.69. The van der Waals surface area contributed by atoms with Gasteiger partial charge in [-0.3, -0.25) is 9.48 Å². The number of carbonyl (C=O) groups excluding carboxylic acids is 1. The fraction of sp³-hybridized carbons (Fsp3) is 0.789. The molecular formula is C19H29N3O. The lowest BCUT2D eigenvalue weighted by Crippen LogP contribution is -2.48.